The van der Waals surface area contributed by atoms with E-state index >= 15 is 0 Å². The molecule has 0 aromatic carbocycles. The number of carbonyl (C=O) groups is 1. The second kappa shape index (κ2) is 7.88. The van der Waals surface area contributed by atoms with Crippen molar-refractivity contribution in [1.82, 2.24) is 10.3 Å². The summed E-state index contributed by atoms with van der Waals surface area (Å²) in [5.41, 5.74) is 1.07. The molecule has 5 nitrogen and oxygen atoms in total. The first-order chi connectivity index (χ1) is 10.3. The summed E-state index contributed by atoms with van der Waals surface area (Å²) in [5.74, 6) is 6.26. The highest BCUT2D eigenvalue weighted by Crippen LogP contribution is 2.01. The monoisotopic (exact) mass is 284 g/mol. The van der Waals surface area contributed by atoms with E-state index in [-0.39, 0.29) is 12.5 Å². The lowest BCUT2D eigenvalue weighted by molar-refractivity contribution is 0.0948. The van der Waals surface area contributed by atoms with Crippen LogP contribution in [0.2, 0.25) is 0 Å². The molecular weight excluding hydrogens is 268 g/mol. The third kappa shape index (κ3) is 4.79. The largest absolute Gasteiger partial charge is 0.469 e. The van der Waals surface area contributed by atoms with Gasteiger partial charge in [-0.25, -0.2) is 4.98 Å². The number of nitrogens with one attached hydrogen (secondary N) is 1. The summed E-state index contributed by atoms with van der Waals surface area (Å²) in [6.45, 7) is 0.530. The zero-order valence-corrected chi connectivity index (χ0v) is 11.5. The van der Waals surface area contributed by atoms with E-state index in [0.717, 1.165) is 11.3 Å². The van der Waals surface area contributed by atoms with E-state index in [1.807, 2.05) is 12.1 Å². The number of furan rings is 1. The summed E-state index contributed by atoms with van der Waals surface area (Å²) < 4.78 is 5.18. The second-order valence-corrected chi connectivity index (χ2v) is 4.29. The lowest BCUT2D eigenvalue weighted by atomic mass is 10.2. The molecule has 5 heteroatoms. The third-order valence-electron chi connectivity index (χ3n) is 2.70. The molecule has 0 spiro atoms. The fourth-order valence-electron chi connectivity index (χ4n) is 1.67. The number of carbonyl (C=O) groups excluding carboxylic acids is 1. The van der Waals surface area contributed by atoms with Crippen LogP contribution in [0.5, 0.6) is 0 Å². The van der Waals surface area contributed by atoms with Crippen molar-refractivity contribution in [2.45, 2.75) is 12.8 Å². The first kappa shape index (κ1) is 14.8. The molecule has 2 rings (SSSR count). The van der Waals surface area contributed by atoms with E-state index in [9.17, 15) is 4.79 Å². The quantitative estimate of drug-likeness (QED) is 0.813. The minimum atomic E-state index is -0.226. The Hall–Kier alpha value is -2.58. The van der Waals surface area contributed by atoms with Gasteiger partial charge >= 0.3 is 0 Å². The molecule has 0 aliphatic heterocycles. The number of nitrogens with zero attached hydrogens (tertiary/aromatic N) is 1. The van der Waals surface area contributed by atoms with Crippen LogP contribution in [0.15, 0.2) is 41.1 Å². The van der Waals surface area contributed by atoms with Crippen molar-refractivity contribution in [3.8, 4) is 11.8 Å². The predicted octanol–water partition coefficient (Wildman–Crippen LogP) is 1.38. The summed E-state index contributed by atoms with van der Waals surface area (Å²) in [7, 11) is 0. The number of hydrogen-bond donors (Lipinski definition) is 2. The van der Waals surface area contributed by atoms with Crippen LogP contribution in [0.25, 0.3) is 0 Å². The normalized spacial score (nSPS) is 9.76. The Morgan fingerprint density at radius 3 is 2.95 bits per heavy atom. The van der Waals surface area contributed by atoms with Crippen molar-refractivity contribution >= 4 is 5.91 Å². The van der Waals surface area contributed by atoms with Gasteiger partial charge in [0.1, 0.15) is 11.5 Å². The number of pyridine rings is 1. The molecule has 0 atom stereocenters. The number of rotatable bonds is 5. The van der Waals surface area contributed by atoms with Gasteiger partial charge in [-0.2, -0.15) is 0 Å². The van der Waals surface area contributed by atoms with Gasteiger partial charge in [0.2, 0.25) is 0 Å². The minimum Gasteiger partial charge on any atom is -0.469 e. The van der Waals surface area contributed by atoms with Gasteiger partial charge in [-0.05, 0) is 24.3 Å². The van der Waals surface area contributed by atoms with Crippen molar-refractivity contribution in [1.29, 1.82) is 0 Å². The van der Waals surface area contributed by atoms with E-state index in [1.54, 1.807) is 24.6 Å². The lowest BCUT2D eigenvalue weighted by Crippen LogP contribution is -2.26. The molecule has 2 N–H and O–H groups in total. The first-order valence-corrected chi connectivity index (χ1v) is 6.66. The van der Waals surface area contributed by atoms with E-state index < -0.39 is 0 Å². The maximum atomic E-state index is 11.9. The van der Waals surface area contributed by atoms with Gasteiger partial charge in [-0.1, -0.05) is 11.8 Å². The number of aliphatic hydroxyl groups is 1. The standard InChI is InChI=1S/C16H16N2O3/c19-10-2-1-4-13-6-7-15(18-12-13)16(20)17-9-8-14-5-3-11-21-14/h3,5-7,11-12,19H,2,8-10H2,(H,17,20). The molecule has 0 fully saturated rings. The average molecular weight is 284 g/mol. The average Bonchev–Trinajstić information content (AvgIpc) is 3.01. The summed E-state index contributed by atoms with van der Waals surface area (Å²) in [4.78, 5) is 15.9. The molecular formula is C16H16N2O3. The summed E-state index contributed by atoms with van der Waals surface area (Å²) in [6, 6.07) is 7.05. The molecule has 0 aliphatic carbocycles. The van der Waals surface area contributed by atoms with Gasteiger partial charge in [-0.15, -0.1) is 0 Å². The van der Waals surface area contributed by atoms with Crippen LogP contribution in [0.1, 0.15) is 28.2 Å². The summed E-state index contributed by atoms with van der Waals surface area (Å²) in [5, 5.41) is 11.4. The fourth-order valence-corrected chi connectivity index (χ4v) is 1.67. The molecule has 1 amide bonds. The molecule has 0 saturated heterocycles. The second-order valence-electron chi connectivity index (χ2n) is 4.29. The molecule has 0 aliphatic rings. The van der Waals surface area contributed by atoms with E-state index in [2.05, 4.69) is 22.1 Å². The van der Waals surface area contributed by atoms with Crippen LogP contribution in [-0.4, -0.2) is 29.1 Å². The Balaban J connectivity index is 1.83. The third-order valence-corrected chi connectivity index (χ3v) is 2.70. The highest BCUT2D eigenvalue weighted by atomic mass is 16.3. The molecule has 2 aromatic rings. The van der Waals surface area contributed by atoms with Crippen LogP contribution in [-0.2, 0) is 6.42 Å². The van der Waals surface area contributed by atoms with Gasteiger partial charge in [0.25, 0.3) is 5.91 Å². The molecule has 2 aromatic heterocycles. The van der Waals surface area contributed by atoms with Gasteiger partial charge in [0, 0.05) is 31.1 Å². The van der Waals surface area contributed by atoms with Crippen LogP contribution >= 0.6 is 0 Å². The highest BCUT2D eigenvalue weighted by molar-refractivity contribution is 5.92. The number of hydrogen-bond acceptors (Lipinski definition) is 4. The van der Waals surface area contributed by atoms with E-state index in [0.29, 0.717) is 25.1 Å². The van der Waals surface area contributed by atoms with Crippen molar-refractivity contribution in [3.63, 3.8) is 0 Å². The predicted molar refractivity (Wildman–Crippen MR) is 77.6 cm³/mol. The Kier molecular flexibility index (Phi) is 5.56. The van der Waals surface area contributed by atoms with Crippen LogP contribution < -0.4 is 5.32 Å². The van der Waals surface area contributed by atoms with Crippen molar-refractivity contribution in [2.75, 3.05) is 13.2 Å². The molecule has 2 heterocycles. The molecule has 0 radical (unpaired) electrons. The Bertz CT molecular complexity index is 622. The van der Waals surface area contributed by atoms with Crippen molar-refractivity contribution < 1.29 is 14.3 Å². The maximum Gasteiger partial charge on any atom is 0.269 e. The smallest absolute Gasteiger partial charge is 0.269 e. The lowest BCUT2D eigenvalue weighted by Gasteiger charge is -2.03. The molecule has 0 saturated carbocycles. The molecule has 108 valence electrons. The molecule has 0 unspecified atom stereocenters. The van der Waals surface area contributed by atoms with Crippen molar-refractivity contribution in [2.24, 2.45) is 0 Å². The maximum absolute atomic E-state index is 11.9. The fraction of sp³-hybridized carbons (Fsp3) is 0.250. The van der Waals surface area contributed by atoms with Crippen LogP contribution in [0, 0.1) is 11.8 Å². The van der Waals surface area contributed by atoms with Gasteiger partial charge in [-0.3, -0.25) is 4.79 Å². The van der Waals surface area contributed by atoms with Crippen LogP contribution in [0.3, 0.4) is 0 Å². The number of aliphatic hydroxyl groups excluding tert-OH is 1. The van der Waals surface area contributed by atoms with Crippen LogP contribution in [0.4, 0.5) is 0 Å². The zero-order chi connectivity index (χ0) is 14.9. The Labute approximate surface area is 123 Å². The SMILES string of the molecule is O=C(NCCc1ccco1)c1ccc(C#CCCO)cn1. The van der Waals surface area contributed by atoms with Gasteiger partial charge in [0.05, 0.1) is 12.9 Å². The Morgan fingerprint density at radius 1 is 1.38 bits per heavy atom. The number of aromatic nitrogens is 1. The molecule has 21 heavy (non-hydrogen) atoms. The van der Waals surface area contributed by atoms with Gasteiger partial charge < -0.3 is 14.8 Å². The van der Waals surface area contributed by atoms with Gasteiger partial charge in [0.15, 0.2) is 0 Å². The van der Waals surface area contributed by atoms with E-state index in [1.165, 1.54) is 0 Å². The number of amides is 1. The zero-order valence-electron chi connectivity index (χ0n) is 11.5. The Morgan fingerprint density at radius 2 is 2.29 bits per heavy atom. The van der Waals surface area contributed by atoms with Crippen molar-refractivity contribution in [3.05, 3.63) is 53.7 Å². The first-order valence-electron chi connectivity index (χ1n) is 6.66. The minimum absolute atomic E-state index is 0.0383. The highest BCUT2D eigenvalue weighted by Gasteiger charge is 2.06. The topological polar surface area (TPSA) is 75.4 Å². The molecule has 0 bridgehead atoms. The van der Waals surface area contributed by atoms with E-state index in [4.69, 9.17) is 9.52 Å². The summed E-state index contributed by atoms with van der Waals surface area (Å²) >= 11 is 0. The summed E-state index contributed by atoms with van der Waals surface area (Å²) in [6.07, 6.45) is 4.22.